The second-order valence-corrected chi connectivity index (χ2v) is 5.74. The van der Waals surface area contributed by atoms with Crippen LogP contribution in [0.25, 0.3) is 11.1 Å². The van der Waals surface area contributed by atoms with Gasteiger partial charge in [-0.3, -0.25) is 0 Å². The minimum Gasteiger partial charge on any atom is -0.440 e. The van der Waals surface area contributed by atoms with Gasteiger partial charge in [-0.15, -0.1) is 0 Å². The average Bonchev–Trinajstić information content (AvgIpc) is 2.83. The molecule has 3 rings (SSSR count). The van der Waals surface area contributed by atoms with Crippen LogP contribution < -0.4 is 0 Å². The van der Waals surface area contributed by atoms with E-state index in [4.69, 9.17) is 9.40 Å². The smallest absolute Gasteiger partial charge is 0.198 e. The van der Waals surface area contributed by atoms with E-state index in [1.165, 1.54) is 37.7 Å². The van der Waals surface area contributed by atoms with Crippen molar-refractivity contribution in [2.75, 3.05) is 0 Å². The molecule has 1 aliphatic rings. The molecule has 0 N–H and O–H groups in total. The van der Waals surface area contributed by atoms with Gasteiger partial charge in [-0.1, -0.05) is 45.2 Å². The highest BCUT2D eigenvalue weighted by atomic mass is 16.3. The summed E-state index contributed by atoms with van der Waals surface area (Å²) in [5.74, 6) is 2.00. The van der Waals surface area contributed by atoms with Gasteiger partial charge < -0.3 is 4.42 Å². The van der Waals surface area contributed by atoms with Crippen molar-refractivity contribution in [2.45, 2.75) is 57.8 Å². The van der Waals surface area contributed by atoms with Crippen molar-refractivity contribution in [1.82, 2.24) is 4.98 Å². The topological polar surface area (TPSA) is 26.0 Å². The Balaban J connectivity index is 2.02. The third-order valence-corrected chi connectivity index (χ3v) is 4.04. The van der Waals surface area contributed by atoms with Gasteiger partial charge in [-0.2, -0.15) is 0 Å². The van der Waals surface area contributed by atoms with Crippen LogP contribution in [0.3, 0.4) is 0 Å². The third-order valence-electron chi connectivity index (χ3n) is 4.04. The average molecular weight is 243 g/mol. The molecule has 1 aliphatic carbocycles. The first-order valence-electron chi connectivity index (χ1n) is 7.15. The fraction of sp³-hybridized carbons (Fsp3) is 0.562. The zero-order valence-corrected chi connectivity index (χ0v) is 11.3. The van der Waals surface area contributed by atoms with E-state index >= 15 is 0 Å². The van der Waals surface area contributed by atoms with Gasteiger partial charge >= 0.3 is 0 Å². The Bertz CT molecular complexity index is 535. The number of hydrogen-bond acceptors (Lipinski definition) is 2. The summed E-state index contributed by atoms with van der Waals surface area (Å²) in [6.07, 6.45) is 6.49. The molecule has 2 nitrogen and oxygen atoms in total. The molecule has 18 heavy (non-hydrogen) atoms. The van der Waals surface area contributed by atoms with Crippen LogP contribution in [0.15, 0.2) is 22.6 Å². The maximum atomic E-state index is 6.09. The molecule has 0 unspecified atom stereocenters. The lowest BCUT2D eigenvalue weighted by Gasteiger charge is -2.17. The molecule has 0 aliphatic heterocycles. The predicted molar refractivity (Wildman–Crippen MR) is 73.9 cm³/mol. The molecule has 96 valence electrons. The number of fused-ring (bicyclic) bond motifs is 1. The van der Waals surface area contributed by atoms with Gasteiger partial charge in [-0.25, -0.2) is 4.98 Å². The molecule has 0 amide bonds. The summed E-state index contributed by atoms with van der Waals surface area (Å²) in [7, 11) is 0. The fourth-order valence-electron chi connectivity index (χ4n) is 2.97. The van der Waals surface area contributed by atoms with Gasteiger partial charge in [0.25, 0.3) is 0 Å². The Morgan fingerprint density at radius 1 is 1.17 bits per heavy atom. The molecule has 1 fully saturated rings. The van der Waals surface area contributed by atoms with Crippen LogP contribution in [0.2, 0.25) is 0 Å². The maximum absolute atomic E-state index is 6.09. The van der Waals surface area contributed by atoms with Crippen molar-refractivity contribution >= 4 is 11.1 Å². The lowest BCUT2D eigenvalue weighted by molar-refractivity contribution is 0.373. The molecular formula is C16H21NO. The maximum Gasteiger partial charge on any atom is 0.198 e. The SMILES string of the molecule is CC(C)c1cccc2nc(C3CCCCC3)oc12. The number of nitrogens with zero attached hydrogens (tertiary/aromatic N) is 1. The number of hydrogen-bond donors (Lipinski definition) is 0. The predicted octanol–water partition coefficient (Wildman–Crippen LogP) is 5.00. The fourth-order valence-corrected chi connectivity index (χ4v) is 2.97. The largest absolute Gasteiger partial charge is 0.440 e. The van der Waals surface area contributed by atoms with Crippen LogP contribution in [0.4, 0.5) is 0 Å². The van der Waals surface area contributed by atoms with E-state index in [2.05, 4.69) is 32.0 Å². The van der Waals surface area contributed by atoms with E-state index in [9.17, 15) is 0 Å². The first-order valence-corrected chi connectivity index (χ1v) is 7.15. The van der Waals surface area contributed by atoms with Gasteiger partial charge in [0.2, 0.25) is 0 Å². The van der Waals surface area contributed by atoms with Gasteiger partial charge in [0.05, 0.1) is 0 Å². The summed E-state index contributed by atoms with van der Waals surface area (Å²) >= 11 is 0. The number of benzene rings is 1. The second-order valence-electron chi connectivity index (χ2n) is 5.74. The molecule has 0 saturated heterocycles. The molecule has 2 heteroatoms. The second kappa shape index (κ2) is 4.75. The van der Waals surface area contributed by atoms with Crippen LogP contribution in [0, 0.1) is 0 Å². The van der Waals surface area contributed by atoms with Crippen LogP contribution in [0.1, 0.15) is 69.2 Å². The summed E-state index contributed by atoms with van der Waals surface area (Å²) < 4.78 is 6.09. The Hall–Kier alpha value is -1.31. The standard InChI is InChI=1S/C16H21NO/c1-11(2)13-9-6-10-14-15(13)18-16(17-14)12-7-4-3-5-8-12/h6,9-12H,3-5,7-8H2,1-2H3. The highest BCUT2D eigenvalue weighted by molar-refractivity contribution is 5.77. The summed E-state index contributed by atoms with van der Waals surface area (Å²) in [6.45, 7) is 4.41. The van der Waals surface area contributed by atoms with Crippen LogP contribution >= 0.6 is 0 Å². The summed E-state index contributed by atoms with van der Waals surface area (Å²) in [6, 6.07) is 6.31. The molecule has 1 saturated carbocycles. The van der Waals surface area contributed by atoms with E-state index < -0.39 is 0 Å². The summed E-state index contributed by atoms with van der Waals surface area (Å²) in [5.41, 5.74) is 3.32. The lowest BCUT2D eigenvalue weighted by Crippen LogP contribution is -2.04. The van der Waals surface area contributed by atoms with Gasteiger partial charge in [0, 0.05) is 5.92 Å². The highest BCUT2D eigenvalue weighted by Gasteiger charge is 2.21. The monoisotopic (exact) mass is 243 g/mol. The van der Waals surface area contributed by atoms with Crippen molar-refractivity contribution in [3.8, 4) is 0 Å². The molecule has 0 radical (unpaired) electrons. The molecule has 0 bridgehead atoms. The summed E-state index contributed by atoms with van der Waals surface area (Å²) in [4.78, 5) is 4.71. The molecule has 1 aromatic carbocycles. The van der Waals surface area contributed by atoms with E-state index in [1.54, 1.807) is 0 Å². The van der Waals surface area contributed by atoms with Crippen LogP contribution in [-0.4, -0.2) is 4.98 Å². The van der Waals surface area contributed by atoms with Crippen molar-refractivity contribution in [3.05, 3.63) is 29.7 Å². The number of aromatic nitrogens is 1. The Morgan fingerprint density at radius 2 is 1.94 bits per heavy atom. The Labute approximate surface area is 108 Å². The van der Waals surface area contributed by atoms with Crippen molar-refractivity contribution < 1.29 is 4.42 Å². The van der Waals surface area contributed by atoms with E-state index in [1.807, 2.05) is 0 Å². The molecule has 2 aromatic rings. The highest BCUT2D eigenvalue weighted by Crippen LogP contribution is 2.35. The zero-order valence-electron chi connectivity index (χ0n) is 11.3. The minimum atomic E-state index is 0.487. The van der Waals surface area contributed by atoms with Gasteiger partial charge in [0.15, 0.2) is 11.5 Å². The molecule has 0 spiro atoms. The molecular weight excluding hydrogens is 222 g/mol. The van der Waals surface area contributed by atoms with Crippen molar-refractivity contribution in [1.29, 1.82) is 0 Å². The Kier molecular flexibility index (Phi) is 3.11. The third kappa shape index (κ3) is 2.05. The normalized spacial score (nSPS) is 17.7. The van der Waals surface area contributed by atoms with Crippen LogP contribution in [0.5, 0.6) is 0 Å². The number of oxazole rings is 1. The van der Waals surface area contributed by atoms with E-state index in [0.29, 0.717) is 11.8 Å². The Morgan fingerprint density at radius 3 is 2.67 bits per heavy atom. The van der Waals surface area contributed by atoms with Gasteiger partial charge in [-0.05, 0) is 30.4 Å². The van der Waals surface area contributed by atoms with E-state index in [0.717, 1.165) is 17.0 Å². The molecule has 0 atom stereocenters. The van der Waals surface area contributed by atoms with Crippen molar-refractivity contribution in [3.63, 3.8) is 0 Å². The minimum absolute atomic E-state index is 0.487. The number of rotatable bonds is 2. The van der Waals surface area contributed by atoms with Crippen LogP contribution in [-0.2, 0) is 0 Å². The lowest BCUT2D eigenvalue weighted by atomic mass is 9.89. The number of para-hydroxylation sites is 1. The molecule has 1 heterocycles. The zero-order chi connectivity index (χ0) is 12.5. The quantitative estimate of drug-likeness (QED) is 0.742. The van der Waals surface area contributed by atoms with Crippen molar-refractivity contribution in [2.24, 2.45) is 0 Å². The first kappa shape index (κ1) is 11.8. The first-order chi connectivity index (χ1) is 8.75. The van der Waals surface area contributed by atoms with E-state index in [-0.39, 0.29) is 0 Å². The molecule has 1 aromatic heterocycles. The van der Waals surface area contributed by atoms with Gasteiger partial charge in [0.1, 0.15) is 5.52 Å². The summed E-state index contributed by atoms with van der Waals surface area (Å²) in [5, 5.41) is 0.